The van der Waals surface area contributed by atoms with E-state index in [1.54, 1.807) is 14.2 Å². The van der Waals surface area contributed by atoms with E-state index in [0.29, 0.717) is 13.2 Å². The fourth-order valence-corrected chi connectivity index (χ4v) is 2.15. The van der Waals surface area contributed by atoms with Gasteiger partial charge in [-0.25, -0.2) is 0 Å². The summed E-state index contributed by atoms with van der Waals surface area (Å²) in [7, 11) is 3.30. The highest BCUT2D eigenvalue weighted by atomic mass is 16.5. The second kappa shape index (κ2) is 7.93. The first kappa shape index (κ1) is 14.3. The van der Waals surface area contributed by atoms with E-state index in [0.717, 1.165) is 22.3 Å². The lowest BCUT2D eigenvalue weighted by molar-refractivity contribution is 0.177. The van der Waals surface area contributed by atoms with E-state index >= 15 is 0 Å². The average Bonchev–Trinajstić information content (AvgIpc) is 2.55. The Bertz CT molecular complexity index is 512. The molecule has 2 unspecified atom stereocenters. The monoisotopic (exact) mass is 287 g/mol. The van der Waals surface area contributed by atoms with Gasteiger partial charge in [0.25, 0.3) is 0 Å². The molecule has 0 radical (unpaired) electrons. The number of benzene rings is 2. The van der Waals surface area contributed by atoms with Crippen molar-refractivity contribution >= 4 is 0 Å². The van der Waals surface area contributed by atoms with Crippen LogP contribution in [0.15, 0.2) is 48.5 Å². The second-order valence-corrected chi connectivity index (χ2v) is 4.96. The molecule has 0 bridgehead atoms. The fraction of sp³-hybridized carbons (Fsp3) is 0.333. The Balaban J connectivity index is 2.08. The van der Waals surface area contributed by atoms with Crippen molar-refractivity contribution in [3.8, 4) is 0 Å². The van der Waals surface area contributed by atoms with Crippen LogP contribution < -0.4 is 0 Å². The van der Waals surface area contributed by atoms with Gasteiger partial charge in [-0.05, 0) is 22.3 Å². The molecule has 0 saturated heterocycles. The first-order valence-corrected chi connectivity index (χ1v) is 6.91. The molecule has 0 aromatic heterocycles. The van der Waals surface area contributed by atoms with Crippen LogP contribution >= 0.6 is 0 Å². The van der Waals surface area contributed by atoms with Crippen LogP contribution in [-0.2, 0) is 29.1 Å². The van der Waals surface area contributed by atoms with E-state index in [1.165, 1.54) is 0 Å². The molecule has 2 rings (SSSR count). The third kappa shape index (κ3) is 4.67. The molecule has 2 aromatic carbocycles. The minimum atomic E-state index is -0.857. The van der Waals surface area contributed by atoms with Gasteiger partial charge in [-0.15, -0.1) is 0 Å². The average molecular weight is 287 g/mol. The zero-order chi connectivity index (χ0) is 15.9. The van der Waals surface area contributed by atoms with Gasteiger partial charge in [-0.3, -0.25) is 0 Å². The third-order valence-electron chi connectivity index (χ3n) is 3.27. The summed E-state index contributed by atoms with van der Waals surface area (Å²) in [6.45, 7) is 1.09. The number of hydrogen-bond donors (Lipinski definition) is 1. The molecule has 0 saturated carbocycles. The third-order valence-corrected chi connectivity index (χ3v) is 3.27. The predicted molar refractivity (Wildman–Crippen MR) is 83.0 cm³/mol. The SMILES string of the molecule is [2H]C(c1ccc(COC)cc1)C(O)c1ccc(COC)cc1. The number of aliphatic hydroxyl groups excluding tert-OH is 1. The van der Waals surface area contributed by atoms with Crippen LogP contribution in [0.4, 0.5) is 0 Å². The zero-order valence-corrected chi connectivity index (χ0v) is 12.5. The predicted octanol–water partition coefficient (Wildman–Crippen LogP) is 3.26. The molecule has 2 atom stereocenters. The van der Waals surface area contributed by atoms with Crippen LogP contribution in [0.2, 0.25) is 0 Å². The summed E-state index contributed by atoms with van der Waals surface area (Å²) in [6, 6.07) is 15.1. The number of methoxy groups -OCH3 is 2. The largest absolute Gasteiger partial charge is 0.388 e. The van der Waals surface area contributed by atoms with Crippen molar-refractivity contribution in [2.75, 3.05) is 14.2 Å². The fourth-order valence-electron chi connectivity index (χ4n) is 2.15. The maximum absolute atomic E-state index is 10.4. The lowest BCUT2D eigenvalue weighted by Crippen LogP contribution is -2.02. The van der Waals surface area contributed by atoms with Crippen molar-refractivity contribution < 1.29 is 16.0 Å². The molecule has 0 heterocycles. The summed E-state index contributed by atoms with van der Waals surface area (Å²) in [6.07, 6.45) is -1.57. The van der Waals surface area contributed by atoms with Crippen molar-refractivity contribution in [1.29, 1.82) is 0 Å². The summed E-state index contributed by atoms with van der Waals surface area (Å²) in [5.74, 6) is 0. The molecule has 21 heavy (non-hydrogen) atoms. The number of rotatable bonds is 7. The minimum Gasteiger partial charge on any atom is -0.388 e. The highest BCUT2D eigenvalue weighted by Gasteiger charge is 2.08. The van der Waals surface area contributed by atoms with Gasteiger partial charge in [0.2, 0.25) is 0 Å². The number of hydrogen-bond acceptors (Lipinski definition) is 3. The summed E-state index contributed by atoms with van der Waals surface area (Å²) in [5, 5.41) is 10.4. The van der Waals surface area contributed by atoms with E-state index in [4.69, 9.17) is 10.8 Å². The number of ether oxygens (including phenoxy) is 2. The lowest BCUT2D eigenvalue weighted by atomic mass is 10.00. The zero-order valence-electron chi connectivity index (χ0n) is 13.5. The maximum Gasteiger partial charge on any atom is 0.0830 e. The highest BCUT2D eigenvalue weighted by molar-refractivity contribution is 5.27. The first-order valence-electron chi connectivity index (χ1n) is 7.49. The summed E-state index contributed by atoms with van der Waals surface area (Å²) in [4.78, 5) is 0. The van der Waals surface area contributed by atoms with Gasteiger partial charge in [-0.2, -0.15) is 0 Å². The molecule has 0 aliphatic rings. The van der Waals surface area contributed by atoms with Gasteiger partial charge in [-0.1, -0.05) is 48.5 Å². The van der Waals surface area contributed by atoms with Crippen molar-refractivity contribution in [2.24, 2.45) is 0 Å². The molecule has 3 heteroatoms. The Morgan fingerprint density at radius 1 is 0.857 bits per heavy atom. The molecular weight excluding hydrogens is 264 g/mol. The van der Waals surface area contributed by atoms with Gasteiger partial charge < -0.3 is 14.6 Å². The Labute approximate surface area is 127 Å². The Kier molecular flexibility index (Phi) is 5.39. The molecule has 0 aliphatic carbocycles. The van der Waals surface area contributed by atoms with E-state index < -0.39 is 12.5 Å². The van der Waals surface area contributed by atoms with Crippen LogP contribution in [0.25, 0.3) is 0 Å². The van der Waals surface area contributed by atoms with Crippen molar-refractivity contribution in [1.82, 2.24) is 0 Å². The van der Waals surface area contributed by atoms with Crippen LogP contribution in [0.5, 0.6) is 0 Å². The quantitative estimate of drug-likeness (QED) is 0.849. The summed E-state index contributed by atoms with van der Waals surface area (Å²) < 4.78 is 18.4. The van der Waals surface area contributed by atoms with Gasteiger partial charge in [0.1, 0.15) is 0 Å². The van der Waals surface area contributed by atoms with Crippen LogP contribution in [0, 0.1) is 0 Å². The van der Waals surface area contributed by atoms with Crippen molar-refractivity contribution in [3.63, 3.8) is 0 Å². The molecule has 3 nitrogen and oxygen atoms in total. The van der Waals surface area contributed by atoms with E-state index in [1.807, 2.05) is 48.5 Å². The molecule has 2 aromatic rings. The van der Waals surface area contributed by atoms with E-state index in [2.05, 4.69) is 0 Å². The molecule has 0 fully saturated rings. The molecule has 1 N–H and O–H groups in total. The highest BCUT2D eigenvalue weighted by Crippen LogP contribution is 2.19. The first-order chi connectivity index (χ1) is 10.7. The minimum absolute atomic E-state index is 0.543. The lowest BCUT2D eigenvalue weighted by Gasteiger charge is -2.12. The van der Waals surface area contributed by atoms with Crippen LogP contribution in [0.3, 0.4) is 0 Å². The van der Waals surface area contributed by atoms with Crippen LogP contribution in [0.1, 0.15) is 29.7 Å². The maximum atomic E-state index is 10.4. The molecule has 0 spiro atoms. The van der Waals surface area contributed by atoms with Crippen molar-refractivity contribution in [2.45, 2.75) is 25.7 Å². The van der Waals surface area contributed by atoms with Crippen molar-refractivity contribution in [3.05, 3.63) is 70.8 Å². The second-order valence-electron chi connectivity index (χ2n) is 4.96. The van der Waals surface area contributed by atoms with Crippen LogP contribution in [-0.4, -0.2) is 19.3 Å². The Morgan fingerprint density at radius 2 is 1.29 bits per heavy atom. The number of aliphatic hydroxyl groups is 1. The standard InChI is InChI=1S/C18H22O3/c1-20-12-15-5-3-14(4-6-15)11-18(19)17-9-7-16(8-10-17)13-21-2/h3-10,18-19H,11-13H2,1-2H3/i11D. The van der Waals surface area contributed by atoms with Gasteiger partial charge in [0, 0.05) is 22.0 Å². The summed E-state index contributed by atoms with van der Waals surface area (Å²) in [5.41, 5.74) is 3.62. The molecule has 0 aliphatic heterocycles. The molecule has 0 amide bonds. The smallest absolute Gasteiger partial charge is 0.0830 e. The molecular formula is C18H22O3. The molecule has 112 valence electrons. The summed E-state index contributed by atoms with van der Waals surface area (Å²) >= 11 is 0. The van der Waals surface area contributed by atoms with Gasteiger partial charge >= 0.3 is 0 Å². The topological polar surface area (TPSA) is 38.7 Å². The van der Waals surface area contributed by atoms with E-state index in [9.17, 15) is 5.11 Å². The van der Waals surface area contributed by atoms with Gasteiger partial charge in [0.05, 0.1) is 19.3 Å². The Morgan fingerprint density at radius 3 is 1.76 bits per heavy atom. The van der Waals surface area contributed by atoms with Gasteiger partial charge in [0.15, 0.2) is 0 Å². The van der Waals surface area contributed by atoms with E-state index in [-0.39, 0.29) is 0 Å². The normalized spacial score (nSPS) is 14.5. The Hall–Kier alpha value is -1.68.